The lowest BCUT2D eigenvalue weighted by Gasteiger charge is -2.19. The Labute approximate surface area is 206 Å². The first kappa shape index (κ1) is 21.6. The van der Waals surface area contributed by atoms with Crippen molar-refractivity contribution in [1.29, 1.82) is 0 Å². The standard InChI is InChI=1S/C27H21N5O4/c1-34-22-9-5-3-7-18(22)25-29-27(32-31-25)30-26(33)19-15-21(28-20-8-4-2-6-17(19)20)16-10-11-23-24(14-16)36-13-12-35-23/h2-11,14-15H,12-13H2,1H3,(H2,29,30,31,32,33). The first-order valence-corrected chi connectivity index (χ1v) is 11.4. The topological polar surface area (TPSA) is 111 Å². The molecule has 0 aliphatic carbocycles. The number of carbonyl (C=O) groups excluding carboxylic acids is 1. The third-order valence-electron chi connectivity index (χ3n) is 5.87. The van der Waals surface area contributed by atoms with Gasteiger partial charge in [0.05, 0.1) is 29.4 Å². The predicted molar refractivity (Wildman–Crippen MR) is 134 cm³/mol. The fraction of sp³-hybridized carbons (Fsp3) is 0.111. The van der Waals surface area contributed by atoms with Crippen LogP contribution < -0.4 is 19.5 Å². The number of aromatic nitrogens is 4. The summed E-state index contributed by atoms with van der Waals surface area (Å²) in [6.45, 7) is 1.01. The summed E-state index contributed by atoms with van der Waals surface area (Å²) in [5.41, 5.74) is 3.34. The maximum absolute atomic E-state index is 13.4. The van der Waals surface area contributed by atoms with E-state index in [0.717, 1.165) is 16.5 Å². The smallest absolute Gasteiger partial charge is 0.258 e. The summed E-state index contributed by atoms with van der Waals surface area (Å²) in [5, 5.41) is 10.6. The second kappa shape index (κ2) is 9.03. The molecule has 2 N–H and O–H groups in total. The summed E-state index contributed by atoms with van der Waals surface area (Å²) in [6.07, 6.45) is 0. The van der Waals surface area contributed by atoms with Gasteiger partial charge in [0.15, 0.2) is 17.3 Å². The van der Waals surface area contributed by atoms with Gasteiger partial charge in [-0.2, -0.15) is 4.98 Å². The summed E-state index contributed by atoms with van der Waals surface area (Å²) < 4.78 is 16.7. The summed E-state index contributed by atoms with van der Waals surface area (Å²) in [6, 6.07) is 22.3. The molecule has 0 saturated carbocycles. The number of carbonyl (C=O) groups is 1. The van der Waals surface area contributed by atoms with Crippen LogP contribution in [0.5, 0.6) is 17.2 Å². The lowest BCUT2D eigenvalue weighted by molar-refractivity contribution is 0.102. The Morgan fingerprint density at radius 2 is 1.75 bits per heavy atom. The van der Waals surface area contributed by atoms with Gasteiger partial charge in [-0.25, -0.2) is 4.98 Å². The number of H-pyrrole nitrogens is 1. The van der Waals surface area contributed by atoms with E-state index in [4.69, 9.17) is 19.2 Å². The van der Waals surface area contributed by atoms with Gasteiger partial charge < -0.3 is 14.2 Å². The van der Waals surface area contributed by atoms with Gasteiger partial charge in [0.2, 0.25) is 5.95 Å². The number of hydrogen-bond acceptors (Lipinski definition) is 7. The molecule has 0 spiro atoms. The minimum atomic E-state index is -0.349. The minimum absolute atomic E-state index is 0.155. The fourth-order valence-electron chi connectivity index (χ4n) is 4.16. The minimum Gasteiger partial charge on any atom is -0.496 e. The molecule has 0 fully saturated rings. The monoisotopic (exact) mass is 479 g/mol. The highest BCUT2D eigenvalue weighted by Crippen LogP contribution is 2.35. The van der Waals surface area contributed by atoms with Crippen molar-refractivity contribution in [1.82, 2.24) is 20.2 Å². The Hall–Kier alpha value is -4.92. The molecule has 1 aliphatic rings. The fourth-order valence-corrected chi connectivity index (χ4v) is 4.16. The summed E-state index contributed by atoms with van der Waals surface area (Å²) in [5.74, 6) is 2.29. The zero-order chi connectivity index (χ0) is 24.5. The van der Waals surface area contributed by atoms with Gasteiger partial charge in [0, 0.05) is 10.9 Å². The number of aromatic amines is 1. The van der Waals surface area contributed by atoms with Crippen molar-refractivity contribution >= 4 is 22.8 Å². The van der Waals surface area contributed by atoms with Crippen LogP contribution in [0.25, 0.3) is 33.5 Å². The first-order chi connectivity index (χ1) is 17.7. The van der Waals surface area contributed by atoms with Gasteiger partial charge in [0.25, 0.3) is 5.91 Å². The molecular weight excluding hydrogens is 458 g/mol. The molecule has 0 bridgehead atoms. The van der Waals surface area contributed by atoms with Gasteiger partial charge in [0.1, 0.15) is 19.0 Å². The van der Waals surface area contributed by atoms with Crippen LogP contribution >= 0.6 is 0 Å². The Bertz CT molecular complexity index is 1600. The Balaban J connectivity index is 1.35. The van der Waals surface area contributed by atoms with Crippen LogP contribution in [0.2, 0.25) is 0 Å². The first-order valence-electron chi connectivity index (χ1n) is 11.4. The lowest BCUT2D eigenvalue weighted by atomic mass is 10.0. The number of anilines is 1. The maximum Gasteiger partial charge on any atom is 0.258 e. The van der Waals surface area contributed by atoms with Crippen LogP contribution in [0.1, 0.15) is 10.4 Å². The van der Waals surface area contributed by atoms with Crippen LogP contribution in [0, 0.1) is 0 Å². The van der Waals surface area contributed by atoms with Gasteiger partial charge in [-0.15, -0.1) is 5.10 Å². The van der Waals surface area contributed by atoms with E-state index >= 15 is 0 Å². The second-order valence-electron chi connectivity index (χ2n) is 8.09. The SMILES string of the molecule is COc1ccccc1-c1nc(NC(=O)c2cc(-c3ccc4c(c3)OCCO4)nc3ccccc23)n[nH]1. The van der Waals surface area contributed by atoms with Gasteiger partial charge >= 0.3 is 0 Å². The van der Waals surface area contributed by atoms with Crippen molar-refractivity contribution in [2.24, 2.45) is 0 Å². The molecule has 6 rings (SSSR count). The lowest BCUT2D eigenvalue weighted by Crippen LogP contribution is -2.15. The van der Waals surface area contributed by atoms with Crippen molar-refractivity contribution < 1.29 is 19.0 Å². The van der Waals surface area contributed by atoms with E-state index in [1.807, 2.05) is 66.7 Å². The van der Waals surface area contributed by atoms with E-state index in [2.05, 4.69) is 20.5 Å². The van der Waals surface area contributed by atoms with E-state index in [-0.39, 0.29) is 11.9 Å². The highest BCUT2D eigenvalue weighted by Gasteiger charge is 2.19. The molecule has 2 aromatic heterocycles. The number of nitrogens with zero attached hydrogens (tertiary/aromatic N) is 3. The van der Waals surface area contributed by atoms with E-state index in [0.29, 0.717) is 53.1 Å². The summed E-state index contributed by atoms with van der Waals surface area (Å²) >= 11 is 0. The quantitative estimate of drug-likeness (QED) is 0.375. The number of para-hydroxylation sites is 2. The van der Waals surface area contributed by atoms with Crippen molar-refractivity contribution in [3.63, 3.8) is 0 Å². The van der Waals surface area contributed by atoms with Gasteiger partial charge in [-0.05, 0) is 42.5 Å². The van der Waals surface area contributed by atoms with Crippen LogP contribution in [0.3, 0.4) is 0 Å². The Morgan fingerprint density at radius 1 is 0.944 bits per heavy atom. The second-order valence-corrected chi connectivity index (χ2v) is 8.09. The molecule has 178 valence electrons. The van der Waals surface area contributed by atoms with Gasteiger partial charge in [-0.3, -0.25) is 15.2 Å². The number of benzene rings is 3. The van der Waals surface area contributed by atoms with Crippen molar-refractivity contribution in [3.8, 4) is 39.9 Å². The maximum atomic E-state index is 13.4. The molecule has 9 nitrogen and oxygen atoms in total. The number of methoxy groups -OCH3 is 1. The normalized spacial score (nSPS) is 12.4. The average Bonchev–Trinajstić information content (AvgIpc) is 3.40. The third kappa shape index (κ3) is 3.96. The molecule has 3 aromatic carbocycles. The van der Waals surface area contributed by atoms with Crippen molar-refractivity contribution in [2.45, 2.75) is 0 Å². The molecule has 1 amide bonds. The highest BCUT2D eigenvalue weighted by atomic mass is 16.6. The number of pyridine rings is 1. The molecule has 9 heteroatoms. The van der Waals surface area contributed by atoms with E-state index in [9.17, 15) is 4.79 Å². The highest BCUT2D eigenvalue weighted by molar-refractivity contribution is 6.12. The van der Waals surface area contributed by atoms with Crippen LogP contribution in [-0.2, 0) is 0 Å². The Kier molecular flexibility index (Phi) is 5.42. The van der Waals surface area contributed by atoms with Crippen LogP contribution in [-0.4, -0.2) is 46.4 Å². The molecular formula is C27H21N5O4. The van der Waals surface area contributed by atoms with E-state index in [1.165, 1.54) is 0 Å². The van der Waals surface area contributed by atoms with Gasteiger partial charge in [-0.1, -0.05) is 30.3 Å². The van der Waals surface area contributed by atoms with Crippen molar-refractivity contribution in [3.05, 3.63) is 78.4 Å². The van der Waals surface area contributed by atoms with Crippen molar-refractivity contribution in [2.75, 3.05) is 25.6 Å². The zero-order valence-electron chi connectivity index (χ0n) is 19.3. The van der Waals surface area contributed by atoms with E-state index in [1.54, 1.807) is 13.2 Å². The molecule has 36 heavy (non-hydrogen) atoms. The number of ether oxygens (including phenoxy) is 3. The van der Waals surface area contributed by atoms with E-state index < -0.39 is 0 Å². The van der Waals surface area contributed by atoms with Crippen LogP contribution in [0.15, 0.2) is 72.8 Å². The predicted octanol–water partition coefficient (Wildman–Crippen LogP) is 4.72. The number of fused-ring (bicyclic) bond motifs is 2. The average molecular weight is 479 g/mol. The summed E-state index contributed by atoms with van der Waals surface area (Å²) in [4.78, 5) is 22.6. The zero-order valence-corrected chi connectivity index (χ0v) is 19.3. The number of nitrogens with one attached hydrogen (secondary N) is 2. The number of amides is 1. The number of hydrogen-bond donors (Lipinski definition) is 2. The largest absolute Gasteiger partial charge is 0.496 e. The molecule has 0 atom stereocenters. The molecule has 0 saturated heterocycles. The summed E-state index contributed by atoms with van der Waals surface area (Å²) in [7, 11) is 1.59. The number of rotatable bonds is 5. The Morgan fingerprint density at radius 3 is 2.64 bits per heavy atom. The molecule has 5 aromatic rings. The molecule has 0 unspecified atom stereocenters. The third-order valence-corrected chi connectivity index (χ3v) is 5.87. The molecule has 3 heterocycles. The molecule has 1 aliphatic heterocycles. The molecule has 0 radical (unpaired) electrons. The van der Waals surface area contributed by atoms with Crippen LogP contribution in [0.4, 0.5) is 5.95 Å².